The van der Waals surface area contributed by atoms with Gasteiger partial charge in [0.25, 0.3) is 0 Å². The minimum atomic E-state index is 0.447. The molecule has 0 aliphatic heterocycles. The molecule has 0 spiro atoms. The Morgan fingerprint density at radius 2 is 2.36 bits per heavy atom. The van der Waals surface area contributed by atoms with Crippen molar-refractivity contribution in [1.82, 2.24) is 10.2 Å². The number of anilines is 2. The third-order valence-electron chi connectivity index (χ3n) is 3.17. The largest absolute Gasteiger partial charge is 0.382 e. The van der Waals surface area contributed by atoms with Gasteiger partial charge in [0.1, 0.15) is 11.6 Å². The van der Waals surface area contributed by atoms with Crippen LogP contribution in [0, 0.1) is 5.41 Å². The second-order valence-corrected chi connectivity index (χ2v) is 4.25. The minimum Gasteiger partial charge on any atom is -0.382 e. The smallest absolute Gasteiger partial charge is 0.149 e. The van der Waals surface area contributed by atoms with E-state index in [0.717, 1.165) is 5.82 Å². The van der Waals surface area contributed by atoms with Crippen LogP contribution >= 0.6 is 0 Å². The first-order valence-electron chi connectivity index (χ1n) is 5.00. The lowest BCUT2D eigenvalue weighted by Gasteiger charge is -2.08. The lowest BCUT2D eigenvalue weighted by Crippen LogP contribution is -2.12. The van der Waals surface area contributed by atoms with Gasteiger partial charge in [0, 0.05) is 6.04 Å². The van der Waals surface area contributed by atoms with Crippen LogP contribution in [0.25, 0.3) is 0 Å². The van der Waals surface area contributed by atoms with E-state index in [0.29, 0.717) is 17.3 Å². The van der Waals surface area contributed by atoms with Crippen LogP contribution in [0.1, 0.15) is 26.7 Å². The van der Waals surface area contributed by atoms with Gasteiger partial charge < -0.3 is 11.1 Å². The molecule has 1 fully saturated rings. The van der Waals surface area contributed by atoms with E-state index in [1.165, 1.54) is 12.8 Å². The van der Waals surface area contributed by atoms with Crippen LogP contribution in [0.4, 0.5) is 11.6 Å². The molecule has 0 radical (unpaired) electrons. The van der Waals surface area contributed by atoms with Gasteiger partial charge in [-0.25, -0.2) is 0 Å². The Labute approximate surface area is 83.9 Å². The zero-order valence-electron chi connectivity index (χ0n) is 8.62. The molecule has 2 unspecified atom stereocenters. The fraction of sp³-hybridized carbons (Fsp3) is 0.600. The fourth-order valence-electron chi connectivity index (χ4n) is 1.62. The molecule has 1 aliphatic rings. The standard InChI is InChI=1S/C10H16N4/c1-3-10(2)6-7(10)12-9-5-4-8(11)13-14-9/h4-5,7H,3,6H2,1-2H3,(H2,11,13)(H,12,14). The molecule has 3 N–H and O–H groups in total. The van der Waals surface area contributed by atoms with Gasteiger partial charge in [0.2, 0.25) is 0 Å². The predicted molar refractivity (Wildman–Crippen MR) is 56.9 cm³/mol. The highest BCUT2D eigenvalue weighted by Crippen LogP contribution is 2.49. The van der Waals surface area contributed by atoms with E-state index in [9.17, 15) is 0 Å². The molecule has 0 amide bonds. The monoisotopic (exact) mass is 192 g/mol. The van der Waals surface area contributed by atoms with Gasteiger partial charge in [0.05, 0.1) is 0 Å². The van der Waals surface area contributed by atoms with Crippen molar-refractivity contribution in [3.63, 3.8) is 0 Å². The predicted octanol–water partition coefficient (Wildman–Crippen LogP) is 1.66. The number of nitrogens with two attached hydrogens (primary N) is 1. The molecule has 14 heavy (non-hydrogen) atoms. The van der Waals surface area contributed by atoms with E-state index in [1.54, 1.807) is 6.07 Å². The van der Waals surface area contributed by atoms with Crippen LogP contribution in [-0.2, 0) is 0 Å². The minimum absolute atomic E-state index is 0.447. The summed E-state index contributed by atoms with van der Waals surface area (Å²) in [5.74, 6) is 1.28. The molecule has 2 rings (SSSR count). The maximum atomic E-state index is 5.45. The Morgan fingerprint density at radius 1 is 1.57 bits per heavy atom. The van der Waals surface area contributed by atoms with Crippen molar-refractivity contribution in [3.05, 3.63) is 12.1 Å². The number of rotatable bonds is 3. The second kappa shape index (κ2) is 3.12. The SMILES string of the molecule is CCC1(C)CC1Nc1ccc(N)nn1. The Morgan fingerprint density at radius 3 is 2.86 bits per heavy atom. The Bertz CT molecular complexity index is 321. The van der Waals surface area contributed by atoms with Crippen molar-refractivity contribution in [2.75, 3.05) is 11.1 Å². The molecule has 1 saturated carbocycles. The van der Waals surface area contributed by atoms with Gasteiger partial charge >= 0.3 is 0 Å². The number of hydrogen-bond donors (Lipinski definition) is 2. The molecule has 4 nitrogen and oxygen atoms in total. The van der Waals surface area contributed by atoms with E-state index in [-0.39, 0.29) is 0 Å². The summed E-state index contributed by atoms with van der Waals surface area (Å²) < 4.78 is 0. The molecule has 2 atom stereocenters. The highest BCUT2D eigenvalue weighted by molar-refractivity contribution is 5.41. The van der Waals surface area contributed by atoms with E-state index < -0.39 is 0 Å². The van der Waals surface area contributed by atoms with Crippen LogP contribution in [0.2, 0.25) is 0 Å². The fourth-order valence-corrected chi connectivity index (χ4v) is 1.62. The zero-order chi connectivity index (χ0) is 10.2. The summed E-state index contributed by atoms with van der Waals surface area (Å²) in [5, 5.41) is 11.1. The van der Waals surface area contributed by atoms with E-state index >= 15 is 0 Å². The quantitative estimate of drug-likeness (QED) is 0.764. The maximum absolute atomic E-state index is 5.45. The third-order valence-corrected chi connectivity index (χ3v) is 3.17. The van der Waals surface area contributed by atoms with Crippen molar-refractivity contribution >= 4 is 11.6 Å². The van der Waals surface area contributed by atoms with Crippen LogP contribution in [0.5, 0.6) is 0 Å². The van der Waals surface area contributed by atoms with Crippen molar-refractivity contribution < 1.29 is 0 Å². The van der Waals surface area contributed by atoms with Gasteiger partial charge in [-0.15, -0.1) is 10.2 Å². The number of nitrogen functional groups attached to an aromatic ring is 1. The molecule has 1 aliphatic carbocycles. The summed E-state index contributed by atoms with van der Waals surface area (Å²) in [7, 11) is 0. The number of hydrogen-bond acceptors (Lipinski definition) is 4. The summed E-state index contributed by atoms with van der Waals surface area (Å²) in [6.07, 6.45) is 2.42. The van der Waals surface area contributed by atoms with Gasteiger partial charge in [0.15, 0.2) is 0 Å². The average molecular weight is 192 g/mol. The van der Waals surface area contributed by atoms with Gasteiger partial charge in [-0.1, -0.05) is 13.8 Å². The summed E-state index contributed by atoms with van der Waals surface area (Å²) in [6.45, 7) is 4.51. The normalized spacial score (nSPS) is 30.0. The number of nitrogens with zero attached hydrogens (tertiary/aromatic N) is 2. The van der Waals surface area contributed by atoms with Gasteiger partial charge in [-0.3, -0.25) is 0 Å². The van der Waals surface area contributed by atoms with Crippen LogP contribution in [-0.4, -0.2) is 16.2 Å². The first-order valence-corrected chi connectivity index (χ1v) is 5.00. The Balaban J connectivity index is 1.97. The molecule has 0 saturated heterocycles. The summed E-state index contributed by atoms with van der Waals surface area (Å²) in [4.78, 5) is 0. The van der Waals surface area contributed by atoms with E-state index in [1.807, 2.05) is 6.07 Å². The highest BCUT2D eigenvalue weighted by Gasteiger charge is 2.48. The molecule has 0 aromatic carbocycles. The van der Waals surface area contributed by atoms with Crippen LogP contribution in [0.15, 0.2) is 12.1 Å². The molecule has 1 aromatic heterocycles. The molecule has 1 aromatic rings. The molecular weight excluding hydrogens is 176 g/mol. The number of nitrogens with one attached hydrogen (secondary N) is 1. The Kier molecular flexibility index (Phi) is 2.06. The Hall–Kier alpha value is -1.32. The molecule has 76 valence electrons. The molecular formula is C10H16N4. The lowest BCUT2D eigenvalue weighted by atomic mass is 10.1. The zero-order valence-corrected chi connectivity index (χ0v) is 8.62. The van der Waals surface area contributed by atoms with E-state index in [2.05, 4.69) is 29.4 Å². The summed E-state index contributed by atoms with van der Waals surface area (Å²) in [6, 6.07) is 4.18. The lowest BCUT2D eigenvalue weighted by molar-refractivity contribution is 0.535. The molecule has 0 bridgehead atoms. The highest BCUT2D eigenvalue weighted by atomic mass is 15.2. The average Bonchev–Trinajstić information content (AvgIpc) is 2.82. The summed E-state index contributed by atoms with van der Waals surface area (Å²) >= 11 is 0. The first kappa shape index (κ1) is 9.24. The summed E-state index contributed by atoms with van der Waals surface area (Å²) in [5.41, 5.74) is 5.90. The van der Waals surface area contributed by atoms with Crippen molar-refractivity contribution in [3.8, 4) is 0 Å². The third kappa shape index (κ3) is 1.64. The number of aromatic nitrogens is 2. The maximum Gasteiger partial charge on any atom is 0.149 e. The first-order chi connectivity index (χ1) is 6.64. The van der Waals surface area contributed by atoms with Gasteiger partial charge in [-0.05, 0) is 30.4 Å². The van der Waals surface area contributed by atoms with Crippen molar-refractivity contribution in [2.24, 2.45) is 5.41 Å². The second-order valence-electron chi connectivity index (χ2n) is 4.25. The molecule has 4 heteroatoms. The van der Waals surface area contributed by atoms with Crippen LogP contribution in [0.3, 0.4) is 0 Å². The van der Waals surface area contributed by atoms with E-state index in [4.69, 9.17) is 5.73 Å². The topological polar surface area (TPSA) is 63.8 Å². The van der Waals surface area contributed by atoms with Gasteiger partial charge in [-0.2, -0.15) is 0 Å². The van der Waals surface area contributed by atoms with Crippen LogP contribution < -0.4 is 11.1 Å². The van der Waals surface area contributed by atoms with Crippen molar-refractivity contribution in [2.45, 2.75) is 32.7 Å². The van der Waals surface area contributed by atoms with Crippen molar-refractivity contribution in [1.29, 1.82) is 0 Å². The molecule has 1 heterocycles.